The van der Waals surface area contributed by atoms with E-state index in [2.05, 4.69) is 28.9 Å². The Morgan fingerprint density at radius 3 is 2.20 bits per heavy atom. The number of rotatable bonds is 3. The Bertz CT molecular complexity index is 837. The fourth-order valence-electron chi connectivity index (χ4n) is 3.29. The quantitative estimate of drug-likeness (QED) is 0.865. The lowest BCUT2D eigenvalue weighted by Gasteiger charge is -2.35. The van der Waals surface area contributed by atoms with Crippen molar-refractivity contribution in [3.8, 4) is 23.4 Å². The van der Waals surface area contributed by atoms with Gasteiger partial charge in [-0.3, -0.25) is 0 Å². The molecule has 1 aromatic heterocycles. The van der Waals surface area contributed by atoms with E-state index in [1.54, 1.807) is 0 Å². The van der Waals surface area contributed by atoms with Crippen molar-refractivity contribution in [2.45, 2.75) is 13.8 Å². The van der Waals surface area contributed by atoms with Crippen molar-refractivity contribution in [2.24, 2.45) is 0 Å². The van der Waals surface area contributed by atoms with Crippen LogP contribution in [0.5, 0.6) is 0 Å². The van der Waals surface area contributed by atoms with Gasteiger partial charge in [-0.05, 0) is 19.0 Å². The van der Waals surface area contributed by atoms with Gasteiger partial charge in [0.1, 0.15) is 23.5 Å². The summed E-state index contributed by atoms with van der Waals surface area (Å²) in [6, 6.07) is 14.3. The molecule has 0 amide bonds. The smallest absolute Gasteiger partial charge is 0.148 e. The summed E-state index contributed by atoms with van der Waals surface area (Å²) in [5, 5.41) is 19.3. The zero-order chi connectivity index (χ0) is 17.8. The second-order valence-corrected chi connectivity index (χ2v) is 6.17. The summed E-state index contributed by atoms with van der Waals surface area (Å²) in [7, 11) is 0. The Kier molecular flexibility index (Phi) is 4.97. The summed E-state index contributed by atoms with van der Waals surface area (Å²) in [5.74, 6) is 0.638. The van der Waals surface area contributed by atoms with Gasteiger partial charge in [-0.1, -0.05) is 37.3 Å². The molecule has 0 atom stereocenters. The van der Waals surface area contributed by atoms with E-state index in [-0.39, 0.29) is 0 Å². The highest BCUT2D eigenvalue weighted by Crippen LogP contribution is 2.31. The zero-order valence-corrected chi connectivity index (χ0v) is 14.7. The van der Waals surface area contributed by atoms with Crippen molar-refractivity contribution in [1.82, 2.24) is 9.88 Å². The highest BCUT2D eigenvalue weighted by Gasteiger charge is 2.24. The minimum absolute atomic E-state index is 0.393. The van der Waals surface area contributed by atoms with Crippen LogP contribution in [0.3, 0.4) is 0 Å². The molecule has 2 heterocycles. The predicted molar refractivity (Wildman–Crippen MR) is 98.2 cm³/mol. The molecule has 25 heavy (non-hydrogen) atoms. The number of likely N-dealkylation sites (N-methyl/N-ethyl adjacent to an activating group) is 1. The molecule has 0 spiro atoms. The standard InChI is InChI=1S/C20H21N5/c1-3-24-9-11-25(12-10-24)20-18(14-22)17(13-21)15(2)19(23-20)16-7-5-4-6-8-16/h4-8H,3,9-12H2,1-2H3. The average molecular weight is 331 g/mol. The molecule has 1 saturated heterocycles. The monoisotopic (exact) mass is 331 g/mol. The van der Waals surface area contributed by atoms with Gasteiger partial charge in [0, 0.05) is 31.7 Å². The van der Waals surface area contributed by atoms with Crippen molar-refractivity contribution >= 4 is 5.82 Å². The molecule has 126 valence electrons. The third kappa shape index (κ3) is 3.20. The van der Waals surface area contributed by atoms with Gasteiger partial charge in [-0.15, -0.1) is 0 Å². The lowest BCUT2D eigenvalue weighted by Crippen LogP contribution is -2.46. The molecule has 1 aliphatic heterocycles. The summed E-state index contributed by atoms with van der Waals surface area (Å²) in [4.78, 5) is 9.34. The van der Waals surface area contributed by atoms with E-state index in [1.807, 2.05) is 37.3 Å². The first-order valence-electron chi connectivity index (χ1n) is 8.57. The summed E-state index contributed by atoms with van der Waals surface area (Å²) >= 11 is 0. The molecule has 0 bridgehead atoms. The zero-order valence-electron chi connectivity index (χ0n) is 14.7. The number of benzene rings is 1. The molecule has 1 fully saturated rings. The molecule has 0 saturated carbocycles. The molecular weight excluding hydrogens is 310 g/mol. The minimum Gasteiger partial charge on any atom is -0.353 e. The minimum atomic E-state index is 0.393. The maximum atomic E-state index is 9.67. The van der Waals surface area contributed by atoms with E-state index >= 15 is 0 Å². The van der Waals surface area contributed by atoms with Gasteiger partial charge in [-0.25, -0.2) is 4.98 Å². The van der Waals surface area contributed by atoms with Gasteiger partial charge in [0.05, 0.1) is 11.3 Å². The van der Waals surface area contributed by atoms with E-state index in [0.717, 1.165) is 49.5 Å². The number of anilines is 1. The summed E-state index contributed by atoms with van der Waals surface area (Å²) in [6.45, 7) is 8.57. The number of hydrogen-bond donors (Lipinski definition) is 0. The van der Waals surface area contributed by atoms with Crippen LogP contribution < -0.4 is 4.90 Å². The molecule has 5 nitrogen and oxygen atoms in total. The van der Waals surface area contributed by atoms with E-state index in [1.165, 1.54) is 0 Å². The van der Waals surface area contributed by atoms with Crippen molar-refractivity contribution in [3.63, 3.8) is 0 Å². The summed E-state index contributed by atoms with van der Waals surface area (Å²) < 4.78 is 0. The molecule has 1 aromatic carbocycles. The van der Waals surface area contributed by atoms with E-state index < -0.39 is 0 Å². The van der Waals surface area contributed by atoms with Gasteiger partial charge in [0.25, 0.3) is 0 Å². The average Bonchev–Trinajstić information content (AvgIpc) is 2.68. The van der Waals surface area contributed by atoms with Crippen molar-refractivity contribution in [2.75, 3.05) is 37.6 Å². The molecule has 3 rings (SSSR count). The fraction of sp³-hybridized carbons (Fsp3) is 0.350. The molecule has 0 radical (unpaired) electrons. The normalized spacial score (nSPS) is 14.8. The van der Waals surface area contributed by atoms with Crippen molar-refractivity contribution in [1.29, 1.82) is 10.5 Å². The lowest BCUT2D eigenvalue weighted by atomic mass is 9.98. The highest BCUT2D eigenvalue weighted by molar-refractivity contribution is 5.74. The third-order valence-electron chi connectivity index (χ3n) is 4.81. The van der Waals surface area contributed by atoms with Crippen LogP contribution in [0.2, 0.25) is 0 Å². The van der Waals surface area contributed by atoms with Crippen LogP contribution in [-0.2, 0) is 0 Å². The number of aromatic nitrogens is 1. The van der Waals surface area contributed by atoms with Crippen LogP contribution in [0, 0.1) is 29.6 Å². The maximum Gasteiger partial charge on any atom is 0.148 e. The molecule has 0 N–H and O–H groups in total. The molecular formula is C20H21N5. The molecule has 2 aromatic rings. The third-order valence-corrected chi connectivity index (χ3v) is 4.81. The highest BCUT2D eigenvalue weighted by atomic mass is 15.3. The van der Waals surface area contributed by atoms with Crippen LogP contribution >= 0.6 is 0 Å². The van der Waals surface area contributed by atoms with E-state index in [9.17, 15) is 10.5 Å². The molecule has 5 heteroatoms. The van der Waals surface area contributed by atoms with Crippen LogP contribution in [0.15, 0.2) is 30.3 Å². The van der Waals surface area contributed by atoms with E-state index in [4.69, 9.17) is 4.98 Å². The predicted octanol–water partition coefficient (Wildman–Crippen LogP) is 2.94. The van der Waals surface area contributed by atoms with Gasteiger partial charge in [0.15, 0.2) is 0 Å². The van der Waals surface area contributed by atoms with E-state index in [0.29, 0.717) is 16.9 Å². The Labute approximate surface area is 148 Å². The lowest BCUT2D eigenvalue weighted by molar-refractivity contribution is 0.270. The largest absolute Gasteiger partial charge is 0.353 e. The van der Waals surface area contributed by atoms with Gasteiger partial charge >= 0.3 is 0 Å². The second-order valence-electron chi connectivity index (χ2n) is 6.17. The summed E-state index contributed by atoms with van der Waals surface area (Å²) in [6.07, 6.45) is 0. The van der Waals surface area contributed by atoms with Crippen LogP contribution in [0.25, 0.3) is 11.3 Å². The Morgan fingerprint density at radius 2 is 1.64 bits per heavy atom. The Morgan fingerprint density at radius 1 is 1.00 bits per heavy atom. The molecule has 0 unspecified atom stereocenters. The number of nitrogens with zero attached hydrogens (tertiary/aromatic N) is 5. The van der Waals surface area contributed by atoms with Gasteiger partial charge in [0.2, 0.25) is 0 Å². The Balaban J connectivity index is 2.12. The number of hydrogen-bond acceptors (Lipinski definition) is 5. The molecule has 1 aliphatic rings. The number of pyridine rings is 1. The first kappa shape index (κ1) is 17.0. The molecule has 0 aliphatic carbocycles. The topological polar surface area (TPSA) is 66.9 Å². The first-order valence-corrected chi connectivity index (χ1v) is 8.57. The van der Waals surface area contributed by atoms with Gasteiger partial charge < -0.3 is 9.80 Å². The van der Waals surface area contributed by atoms with Crippen LogP contribution in [0.4, 0.5) is 5.82 Å². The number of piperazine rings is 1. The van der Waals surface area contributed by atoms with Crippen molar-refractivity contribution in [3.05, 3.63) is 47.0 Å². The Hall–Kier alpha value is -2.89. The van der Waals surface area contributed by atoms with Crippen molar-refractivity contribution < 1.29 is 0 Å². The SMILES string of the molecule is CCN1CCN(c2nc(-c3ccccc3)c(C)c(C#N)c2C#N)CC1. The second kappa shape index (κ2) is 7.34. The van der Waals surface area contributed by atoms with Crippen LogP contribution in [-0.4, -0.2) is 42.6 Å². The van der Waals surface area contributed by atoms with Crippen LogP contribution in [0.1, 0.15) is 23.6 Å². The maximum absolute atomic E-state index is 9.67. The summed E-state index contributed by atoms with van der Waals surface area (Å²) in [5.41, 5.74) is 3.34. The van der Waals surface area contributed by atoms with Gasteiger partial charge in [-0.2, -0.15) is 10.5 Å². The number of nitriles is 2. The fourth-order valence-corrected chi connectivity index (χ4v) is 3.29. The first-order chi connectivity index (χ1) is 12.2.